The van der Waals surface area contributed by atoms with Crippen molar-refractivity contribution < 1.29 is 18.3 Å². The van der Waals surface area contributed by atoms with Gasteiger partial charge in [-0.25, -0.2) is 13.2 Å². The molecule has 1 unspecified atom stereocenters. The molecule has 1 saturated heterocycles. The van der Waals surface area contributed by atoms with E-state index in [1.165, 1.54) is 0 Å². The zero-order chi connectivity index (χ0) is 11.8. The van der Waals surface area contributed by atoms with E-state index < -0.39 is 21.3 Å². The molecular formula is C10H17NO4S. The third-order valence-corrected chi connectivity index (χ3v) is 5.53. The predicted octanol–water partition coefficient (Wildman–Crippen LogP) is 1.30. The standard InChI is InChI=1S/C10H17NO4S/c12-10(13)11-6-2-1-3-9(11)16(14,15)7-8-4-5-8/h8-9H,1-7H2,(H,12,13). The zero-order valence-corrected chi connectivity index (χ0v) is 9.95. The maximum atomic E-state index is 12.0. The van der Waals surface area contributed by atoms with Gasteiger partial charge in [0.05, 0.1) is 5.75 Å². The van der Waals surface area contributed by atoms with E-state index in [0.29, 0.717) is 13.0 Å². The number of hydrogen-bond donors (Lipinski definition) is 1. The van der Waals surface area contributed by atoms with Crippen LogP contribution < -0.4 is 0 Å². The number of carbonyl (C=O) groups is 1. The maximum Gasteiger partial charge on any atom is 0.408 e. The van der Waals surface area contributed by atoms with Gasteiger partial charge in [0.25, 0.3) is 0 Å². The highest BCUT2D eigenvalue weighted by Crippen LogP contribution is 2.33. The summed E-state index contributed by atoms with van der Waals surface area (Å²) in [4.78, 5) is 12.1. The predicted molar refractivity (Wildman–Crippen MR) is 58.9 cm³/mol. The third-order valence-electron chi connectivity index (χ3n) is 3.27. The summed E-state index contributed by atoms with van der Waals surface area (Å²) in [5.74, 6) is 0.448. The van der Waals surface area contributed by atoms with Gasteiger partial charge in [0.2, 0.25) is 0 Å². The Morgan fingerprint density at radius 1 is 1.25 bits per heavy atom. The summed E-state index contributed by atoms with van der Waals surface area (Å²) in [6.45, 7) is 0.351. The van der Waals surface area contributed by atoms with Crippen molar-refractivity contribution in [2.75, 3.05) is 12.3 Å². The fourth-order valence-corrected chi connectivity index (χ4v) is 4.54. The van der Waals surface area contributed by atoms with Crippen LogP contribution in [0, 0.1) is 5.92 Å². The van der Waals surface area contributed by atoms with E-state index in [-0.39, 0.29) is 11.7 Å². The summed E-state index contributed by atoms with van der Waals surface area (Å²) in [6.07, 6.45) is 2.86. The van der Waals surface area contributed by atoms with Gasteiger partial charge in [0.1, 0.15) is 5.37 Å². The Hall–Kier alpha value is -0.780. The van der Waals surface area contributed by atoms with Gasteiger partial charge < -0.3 is 5.11 Å². The molecule has 0 aromatic heterocycles. The van der Waals surface area contributed by atoms with Crippen LogP contribution in [-0.4, -0.2) is 42.2 Å². The maximum absolute atomic E-state index is 12.0. The van der Waals surface area contributed by atoms with Gasteiger partial charge in [0.15, 0.2) is 9.84 Å². The van der Waals surface area contributed by atoms with E-state index in [4.69, 9.17) is 5.11 Å². The summed E-state index contributed by atoms with van der Waals surface area (Å²) in [6, 6.07) is 0. The van der Waals surface area contributed by atoms with Crippen LogP contribution in [0.4, 0.5) is 4.79 Å². The number of sulfone groups is 1. The van der Waals surface area contributed by atoms with Gasteiger partial charge in [-0.2, -0.15) is 0 Å². The molecule has 1 aliphatic carbocycles. The molecule has 6 heteroatoms. The molecule has 0 spiro atoms. The Labute approximate surface area is 95.4 Å². The van der Waals surface area contributed by atoms with Crippen molar-refractivity contribution in [1.29, 1.82) is 0 Å². The second kappa shape index (κ2) is 4.24. The van der Waals surface area contributed by atoms with Crippen molar-refractivity contribution >= 4 is 15.9 Å². The summed E-state index contributed by atoms with van der Waals surface area (Å²) in [5, 5.41) is 8.19. The van der Waals surface area contributed by atoms with Crippen LogP contribution in [-0.2, 0) is 9.84 Å². The first kappa shape index (κ1) is 11.7. The minimum atomic E-state index is -3.27. The number of nitrogens with zero attached hydrogens (tertiary/aromatic N) is 1. The van der Waals surface area contributed by atoms with Crippen LogP contribution in [0.15, 0.2) is 0 Å². The fraction of sp³-hybridized carbons (Fsp3) is 0.900. The lowest BCUT2D eigenvalue weighted by atomic mass is 10.1. The van der Waals surface area contributed by atoms with Crippen molar-refractivity contribution in [1.82, 2.24) is 4.90 Å². The summed E-state index contributed by atoms with van der Waals surface area (Å²) in [5.41, 5.74) is 0. The van der Waals surface area contributed by atoms with Crippen molar-refractivity contribution in [3.63, 3.8) is 0 Å². The molecule has 92 valence electrons. The van der Waals surface area contributed by atoms with Crippen LogP contribution in [0.1, 0.15) is 32.1 Å². The topological polar surface area (TPSA) is 74.7 Å². The molecular weight excluding hydrogens is 230 g/mol. The first-order valence-corrected chi connectivity index (χ1v) is 7.43. The minimum absolute atomic E-state index is 0.168. The van der Waals surface area contributed by atoms with E-state index >= 15 is 0 Å². The van der Waals surface area contributed by atoms with Crippen molar-refractivity contribution in [3.8, 4) is 0 Å². The number of piperidine rings is 1. The molecule has 1 aliphatic heterocycles. The normalized spacial score (nSPS) is 26.8. The van der Waals surface area contributed by atoms with Crippen molar-refractivity contribution in [2.45, 2.75) is 37.5 Å². The number of likely N-dealkylation sites (tertiary alicyclic amines) is 1. The summed E-state index contributed by atoms with van der Waals surface area (Å²) < 4.78 is 24.1. The monoisotopic (exact) mass is 247 g/mol. The third kappa shape index (κ3) is 2.48. The second-order valence-corrected chi connectivity index (χ2v) is 6.90. The lowest BCUT2D eigenvalue weighted by Crippen LogP contribution is -2.48. The first-order chi connectivity index (χ1) is 7.50. The largest absolute Gasteiger partial charge is 0.465 e. The molecule has 1 saturated carbocycles. The molecule has 2 fully saturated rings. The number of rotatable bonds is 3. The van der Waals surface area contributed by atoms with E-state index in [9.17, 15) is 13.2 Å². The average molecular weight is 247 g/mol. The molecule has 2 aliphatic rings. The van der Waals surface area contributed by atoms with Crippen LogP contribution >= 0.6 is 0 Å². The van der Waals surface area contributed by atoms with E-state index in [1.54, 1.807) is 0 Å². The van der Waals surface area contributed by atoms with Gasteiger partial charge in [-0.05, 0) is 38.0 Å². The molecule has 1 heterocycles. The highest BCUT2D eigenvalue weighted by atomic mass is 32.2. The lowest BCUT2D eigenvalue weighted by Gasteiger charge is -2.32. The van der Waals surface area contributed by atoms with E-state index in [0.717, 1.165) is 30.6 Å². The van der Waals surface area contributed by atoms with E-state index in [2.05, 4.69) is 0 Å². The Kier molecular flexibility index (Phi) is 3.10. The fourth-order valence-electron chi connectivity index (χ4n) is 2.22. The first-order valence-electron chi connectivity index (χ1n) is 5.72. The van der Waals surface area contributed by atoms with Crippen LogP contribution in [0.3, 0.4) is 0 Å². The molecule has 2 rings (SSSR count). The van der Waals surface area contributed by atoms with Crippen LogP contribution in [0.2, 0.25) is 0 Å². The van der Waals surface area contributed by atoms with Crippen molar-refractivity contribution in [2.24, 2.45) is 5.92 Å². The zero-order valence-electron chi connectivity index (χ0n) is 9.13. The molecule has 1 atom stereocenters. The lowest BCUT2D eigenvalue weighted by molar-refractivity contribution is 0.126. The Morgan fingerprint density at radius 2 is 1.94 bits per heavy atom. The number of hydrogen-bond acceptors (Lipinski definition) is 3. The molecule has 0 radical (unpaired) electrons. The number of carboxylic acid groups (broad SMARTS) is 1. The van der Waals surface area contributed by atoms with Crippen molar-refractivity contribution in [3.05, 3.63) is 0 Å². The second-order valence-electron chi connectivity index (χ2n) is 4.70. The highest BCUT2D eigenvalue weighted by Gasteiger charge is 2.39. The smallest absolute Gasteiger partial charge is 0.408 e. The number of amides is 1. The van der Waals surface area contributed by atoms with E-state index in [1.807, 2.05) is 0 Å². The molecule has 5 nitrogen and oxygen atoms in total. The molecule has 1 N–H and O–H groups in total. The van der Waals surface area contributed by atoms with Gasteiger partial charge in [-0.15, -0.1) is 0 Å². The molecule has 0 aromatic rings. The molecule has 0 bridgehead atoms. The minimum Gasteiger partial charge on any atom is -0.465 e. The van der Waals surface area contributed by atoms with Gasteiger partial charge in [-0.3, -0.25) is 4.90 Å². The Morgan fingerprint density at radius 3 is 2.50 bits per heavy atom. The van der Waals surface area contributed by atoms with Gasteiger partial charge >= 0.3 is 6.09 Å². The van der Waals surface area contributed by atoms with Crippen LogP contribution in [0.5, 0.6) is 0 Å². The average Bonchev–Trinajstić information content (AvgIpc) is 3.01. The quantitative estimate of drug-likeness (QED) is 0.815. The summed E-state index contributed by atoms with van der Waals surface area (Å²) in [7, 11) is -3.27. The van der Waals surface area contributed by atoms with Gasteiger partial charge in [0, 0.05) is 6.54 Å². The Balaban J connectivity index is 2.11. The van der Waals surface area contributed by atoms with Crippen LogP contribution in [0.25, 0.3) is 0 Å². The summed E-state index contributed by atoms with van der Waals surface area (Å²) >= 11 is 0. The SMILES string of the molecule is O=C(O)N1CCCCC1S(=O)(=O)CC1CC1. The molecule has 0 aromatic carbocycles. The highest BCUT2D eigenvalue weighted by molar-refractivity contribution is 7.92. The molecule has 1 amide bonds. The molecule has 16 heavy (non-hydrogen) atoms. The Bertz CT molecular complexity index is 374. The van der Waals surface area contributed by atoms with Gasteiger partial charge in [-0.1, -0.05) is 0 Å².